The molecule has 1 aromatic rings. The van der Waals surface area contributed by atoms with Gasteiger partial charge in [-0.05, 0) is 43.5 Å². The van der Waals surface area contributed by atoms with Gasteiger partial charge < -0.3 is 5.11 Å². The number of rotatable bonds is 5. The largest absolute Gasteiger partial charge is 0.508 e. The van der Waals surface area contributed by atoms with Crippen molar-refractivity contribution in [2.24, 2.45) is 5.92 Å². The Morgan fingerprint density at radius 3 is 2.47 bits per heavy atom. The van der Waals surface area contributed by atoms with Gasteiger partial charge in [0.2, 0.25) is 10.0 Å². The summed E-state index contributed by atoms with van der Waals surface area (Å²) in [7, 11) is -3.46. The van der Waals surface area contributed by atoms with Gasteiger partial charge in [0, 0.05) is 6.04 Å². The molecule has 94 valence electrons. The van der Waals surface area contributed by atoms with Crippen LogP contribution in [0.15, 0.2) is 29.2 Å². The maximum atomic E-state index is 12.0. The molecule has 17 heavy (non-hydrogen) atoms. The molecule has 0 aliphatic heterocycles. The Morgan fingerprint density at radius 2 is 1.94 bits per heavy atom. The molecule has 1 saturated carbocycles. The molecule has 0 saturated heterocycles. The minimum absolute atomic E-state index is 0.0405. The van der Waals surface area contributed by atoms with Crippen LogP contribution in [0.5, 0.6) is 5.75 Å². The Hall–Kier alpha value is -1.07. The van der Waals surface area contributed by atoms with Gasteiger partial charge in [0.05, 0.1) is 4.90 Å². The number of aromatic hydroxyl groups is 1. The maximum Gasteiger partial charge on any atom is 0.240 e. The standard InChI is InChI=1S/C12H17NO3S/c1-9(8-10-2-3-10)13-17(15,16)12-6-4-11(14)5-7-12/h4-7,9-10,13-14H,2-3,8H2,1H3. The monoisotopic (exact) mass is 255 g/mol. The number of nitrogens with one attached hydrogen (secondary N) is 1. The van der Waals surface area contributed by atoms with Crippen molar-refractivity contribution in [1.82, 2.24) is 4.72 Å². The van der Waals surface area contributed by atoms with Crippen LogP contribution in [-0.4, -0.2) is 19.6 Å². The average Bonchev–Trinajstić information content (AvgIpc) is 3.01. The lowest BCUT2D eigenvalue weighted by Crippen LogP contribution is -2.32. The van der Waals surface area contributed by atoms with Crippen LogP contribution in [0.3, 0.4) is 0 Å². The van der Waals surface area contributed by atoms with Crippen molar-refractivity contribution >= 4 is 10.0 Å². The van der Waals surface area contributed by atoms with E-state index in [4.69, 9.17) is 5.11 Å². The van der Waals surface area contributed by atoms with Crippen molar-refractivity contribution in [2.45, 2.75) is 37.1 Å². The Balaban J connectivity index is 2.04. The highest BCUT2D eigenvalue weighted by Crippen LogP contribution is 2.33. The average molecular weight is 255 g/mol. The Kier molecular flexibility index (Phi) is 3.40. The van der Waals surface area contributed by atoms with Crippen LogP contribution in [0, 0.1) is 5.92 Å². The molecule has 0 bridgehead atoms. The quantitative estimate of drug-likeness (QED) is 0.844. The first-order valence-electron chi connectivity index (χ1n) is 5.79. The van der Waals surface area contributed by atoms with Crippen molar-refractivity contribution < 1.29 is 13.5 Å². The summed E-state index contributed by atoms with van der Waals surface area (Å²) in [5.74, 6) is 0.752. The number of hydrogen-bond donors (Lipinski definition) is 2. The predicted molar refractivity (Wildman–Crippen MR) is 65.2 cm³/mol. The second-order valence-electron chi connectivity index (χ2n) is 4.70. The van der Waals surface area contributed by atoms with Gasteiger partial charge in [0.25, 0.3) is 0 Å². The van der Waals surface area contributed by atoms with Crippen LogP contribution in [0.2, 0.25) is 0 Å². The second-order valence-corrected chi connectivity index (χ2v) is 6.41. The highest BCUT2D eigenvalue weighted by Gasteiger charge is 2.26. The van der Waals surface area contributed by atoms with Crippen molar-refractivity contribution in [3.63, 3.8) is 0 Å². The number of phenolic OH excluding ortho intramolecular Hbond substituents is 1. The van der Waals surface area contributed by atoms with Crippen LogP contribution in [0.4, 0.5) is 0 Å². The first-order chi connectivity index (χ1) is 7.97. The molecular weight excluding hydrogens is 238 g/mol. The van der Waals surface area contributed by atoms with Gasteiger partial charge in [-0.25, -0.2) is 13.1 Å². The fraction of sp³-hybridized carbons (Fsp3) is 0.500. The molecule has 2 rings (SSSR count). The zero-order chi connectivity index (χ0) is 12.5. The Morgan fingerprint density at radius 1 is 1.35 bits per heavy atom. The van der Waals surface area contributed by atoms with Crippen LogP contribution in [-0.2, 0) is 10.0 Å². The third-order valence-corrected chi connectivity index (χ3v) is 4.49. The number of phenols is 1. The van der Waals surface area contributed by atoms with Crippen LogP contribution < -0.4 is 4.72 Å². The van der Waals surface area contributed by atoms with E-state index in [1.54, 1.807) is 0 Å². The third-order valence-electron chi connectivity index (χ3n) is 2.89. The molecule has 1 aliphatic rings. The Labute approximate surface area is 102 Å². The van der Waals surface area contributed by atoms with Gasteiger partial charge in [-0.1, -0.05) is 12.8 Å². The van der Waals surface area contributed by atoms with E-state index in [0.717, 1.165) is 6.42 Å². The van der Waals surface area contributed by atoms with Crippen LogP contribution in [0.1, 0.15) is 26.2 Å². The fourth-order valence-electron chi connectivity index (χ4n) is 1.86. The summed E-state index contributed by atoms with van der Waals surface area (Å²) in [5.41, 5.74) is 0. The summed E-state index contributed by atoms with van der Waals surface area (Å²) in [5, 5.41) is 9.12. The number of hydrogen-bond acceptors (Lipinski definition) is 3. The summed E-state index contributed by atoms with van der Waals surface area (Å²) in [4.78, 5) is 0.193. The van der Waals surface area contributed by atoms with Crippen LogP contribution in [0.25, 0.3) is 0 Å². The van der Waals surface area contributed by atoms with E-state index in [2.05, 4.69) is 4.72 Å². The molecule has 2 N–H and O–H groups in total. The summed E-state index contributed by atoms with van der Waals surface area (Å²) < 4.78 is 26.6. The molecule has 1 aliphatic carbocycles. The summed E-state index contributed by atoms with van der Waals surface area (Å²) in [6.07, 6.45) is 3.33. The molecule has 1 aromatic carbocycles. The third kappa shape index (κ3) is 3.44. The molecule has 1 fully saturated rings. The van der Waals surface area contributed by atoms with Gasteiger partial charge in [0.1, 0.15) is 5.75 Å². The number of sulfonamides is 1. The van der Waals surface area contributed by atoms with Crippen molar-refractivity contribution in [3.8, 4) is 5.75 Å². The van der Waals surface area contributed by atoms with Gasteiger partial charge in [-0.3, -0.25) is 0 Å². The van der Waals surface area contributed by atoms with E-state index in [1.807, 2.05) is 6.92 Å². The molecule has 0 radical (unpaired) electrons. The topological polar surface area (TPSA) is 66.4 Å². The maximum absolute atomic E-state index is 12.0. The highest BCUT2D eigenvalue weighted by atomic mass is 32.2. The molecule has 1 unspecified atom stereocenters. The number of benzene rings is 1. The van der Waals surface area contributed by atoms with Crippen molar-refractivity contribution in [3.05, 3.63) is 24.3 Å². The SMILES string of the molecule is CC(CC1CC1)NS(=O)(=O)c1ccc(O)cc1. The zero-order valence-electron chi connectivity index (χ0n) is 9.76. The van der Waals surface area contributed by atoms with Crippen molar-refractivity contribution in [1.29, 1.82) is 0 Å². The molecule has 0 heterocycles. The first-order valence-corrected chi connectivity index (χ1v) is 7.27. The smallest absolute Gasteiger partial charge is 0.240 e. The van der Waals surface area contributed by atoms with E-state index in [9.17, 15) is 8.42 Å². The normalized spacial score (nSPS) is 17.9. The molecule has 0 amide bonds. The van der Waals surface area contributed by atoms with Gasteiger partial charge in [-0.2, -0.15) is 0 Å². The van der Waals surface area contributed by atoms with E-state index < -0.39 is 10.0 Å². The lowest BCUT2D eigenvalue weighted by molar-refractivity contribution is 0.474. The molecule has 0 aromatic heterocycles. The summed E-state index contributed by atoms with van der Waals surface area (Å²) >= 11 is 0. The van der Waals surface area contributed by atoms with Gasteiger partial charge in [-0.15, -0.1) is 0 Å². The Bertz CT molecular complexity index is 477. The minimum atomic E-state index is -3.46. The van der Waals surface area contributed by atoms with Crippen molar-refractivity contribution in [2.75, 3.05) is 0 Å². The van der Waals surface area contributed by atoms with E-state index >= 15 is 0 Å². The first kappa shape index (κ1) is 12.4. The molecule has 5 heteroatoms. The van der Waals surface area contributed by atoms with Gasteiger partial charge >= 0.3 is 0 Å². The fourth-order valence-corrected chi connectivity index (χ4v) is 3.12. The molecule has 4 nitrogen and oxygen atoms in total. The molecule has 0 spiro atoms. The highest BCUT2D eigenvalue weighted by molar-refractivity contribution is 7.89. The minimum Gasteiger partial charge on any atom is -0.508 e. The lowest BCUT2D eigenvalue weighted by atomic mass is 10.2. The van der Waals surface area contributed by atoms with Gasteiger partial charge in [0.15, 0.2) is 0 Å². The predicted octanol–water partition coefficient (Wildman–Crippen LogP) is 1.86. The van der Waals surface area contributed by atoms with E-state index in [1.165, 1.54) is 37.1 Å². The zero-order valence-corrected chi connectivity index (χ0v) is 10.6. The lowest BCUT2D eigenvalue weighted by Gasteiger charge is -2.13. The second kappa shape index (κ2) is 4.66. The van der Waals surface area contributed by atoms with Crippen LogP contribution >= 0.6 is 0 Å². The van der Waals surface area contributed by atoms with E-state index in [-0.39, 0.29) is 16.7 Å². The summed E-state index contributed by atoms with van der Waals surface area (Å²) in [6, 6.07) is 5.52. The molecule has 1 atom stereocenters. The molecular formula is C12H17NO3S. The van der Waals surface area contributed by atoms with E-state index in [0.29, 0.717) is 5.92 Å². The summed E-state index contributed by atoms with van der Waals surface area (Å²) in [6.45, 7) is 1.89.